The van der Waals surface area contributed by atoms with E-state index in [0.717, 1.165) is 16.7 Å². The highest BCUT2D eigenvalue weighted by Crippen LogP contribution is 2.43. The van der Waals surface area contributed by atoms with Crippen molar-refractivity contribution in [3.05, 3.63) is 106 Å². The number of carbonyl (C=O) groups excluding carboxylic acids is 2. The van der Waals surface area contributed by atoms with E-state index in [1.165, 1.54) is 23.1 Å². The van der Waals surface area contributed by atoms with Gasteiger partial charge in [0.15, 0.2) is 0 Å². The lowest BCUT2D eigenvalue weighted by atomic mass is 9.92. The van der Waals surface area contributed by atoms with Gasteiger partial charge in [0, 0.05) is 11.3 Å². The number of aryl methyl sites for hydroxylation is 3. The van der Waals surface area contributed by atoms with E-state index in [1.807, 2.05) is 56.3 Å². The third-order valence-corrected chi connectivity index (χ3v) is 5.64. The molecule has 5 heteroatoms. The number of amides is 1. The van der Waals surface area contributed by atoms with Crippen LogP contribution in [-0.4, -0.2) is 16.8 Å². The summed E-state index contributed by atoms with van der Waals surface area (Å²) in [6.07, 6.45) is 0. The third kappa shape index (κ3) is 3.52. The van der Waals surface area contributed by atoms with Crippen molar-refractivity contribution in [2.24, 2.45) is 0 Å². The van der Waals surface area contributed by atoms with Gasteiger partial charge in [-0.3, -0.25) is 14.5 Å². The van der Waals surface area contributed by atoms with Crippen molar-refractivity contribution in [1.82, 2.24) is 0 Å². The quantitative estimate of drug-likeness (QED) is 0.355. The predicted molar refractivity (Wildman–Crippen MR) is 118 cm³/mol. The van der Waals surface area contributed by atoms with Crippen LogP contribution in [0.1, 0.15) is 33.9 Å². The Morgan fingerprint density at radius 2 is 1.65 bits per heavy atom. The normalized spacial score (nSPS) is 17.9. The van der Waals surface area contributed by atoms with Gasteiger partial charge in [0.1, 0.15) is 11.6 Å². The molecule has 31 heavy (non-hydrogen) atoms. The van der Waals surface area contributed by atoms with Gasteiger partial charge < -0.3 is 5.11 Å². The van der Waals surface area contributed by atoms with Gasteiger partial charge in [-0.25, -0.2) is 4.39 Å². The number of aliphatic hydroxyl groups excluding tert-OH is 1. The Hall–Kier alpha value is -3.73. The van der Waals surface area contributed by atoms with Crippen molar-refractivity contribution >= 4 is 23.1 Å². The number of aliphatic hydroxyl groups is 1. The number of carbonyl (C=O) groups is 2. The molecule has 0 saturated carbocycles. The zero-order valence-electron chi connectivity index (χ0n) is 17.5. The molecule has 1 aliphatic rings. The van der Waals surface area contributed by atoms with E-state index in [9.17, 15) is 19.1 Å². The Morgan fingerprint density at radius 1 is 0.903 bits per heavy atom. The Labute approximate surface area is 180 Å². The monoisotopic (exact) mass is 415 g/mol. The summed E-state index contributed by atoms with van der Waals surface area (Å²) in [6.45, 7) is 5.38. The van der Waals surface area contributed by atoms with Crippen molar-refractivity contribution in [3.63, 3.8) is 0 Å². The number of hydrogen-bond acceptors (Lipinski definition) is 3. The summed E-state index contributed by atoms with van der Waals surface area (Å²) in [5.41, 5.74) is 3.76. The molecule has 156 valence electrons. The summed E-state index contributed by atoms with van der Waals surface area (Å²) < 4.78 is 13.8. The van der Waals surface area contributed by atoms with Crippen LogP contribution in [0.2, 0.25) is 0 Å². The fourth-order valence-corrected chi connectivity index (χ4v) is 4.01. The average molecular weight is 415 g/mol. The molecule has 0 aliphatic carbocycles. The Bertz CT molecular complexity index is 1240. The maximum Gasteiger partial charge on any atom is 0.300 e. The van der Waals surface area contributed by atoms with Gasteiger partial charge in [0.25, 0.3) is 11.7 Å². The lowest BCUT2D eigenvalue weighted by molar-refractivity contribution is -0.132. The SMILES string of the molecule is Cc1cccc(N2C(=O)C(=O)/C(=C(/O)c3ccc(F)c(C)c3)C2c2ccccc2C)c1. The minimum Gasteiger partial charge on any atom is -0.507 e. The zero-order valence-corrected chi connectivity index (χ0v) is 17.5. The molecule has 1 N–H and O–H groups in total. The second-order valence-corrected chi connectivity index (χ2v) is 7.83. The smallest absolute Gasteiger partial charge is 0.300 e. The maximum absolute atomic E-state index is 13.8. The molecule has 1 fully saturated rings. The number of Topliss-reactive ketones (excluding diaryl/α,β-unsaturated/α-hetero) is 1. The number of rotatable bonds is 3. The Balaban J connectivity index is 1.99. The molecule has 1 atom stereocenters. The molecule has 1 amide bonds. The summed E-state index contributed by atoms with van der Waals surface area (Å²) in [7, 11) is 0. The Morgan fingerprint density at radius 3 is 2.32 bits per heavy atom. The van der Waals surface area contributed by atoms with E-state index in [-0.39, 0.29) is 11.3 Å². The maximum atomic E-state index is 13.8. The number of nitrogens with zero attached hydrogens (tertiary/aromatic N) is 1. The number of hydrogen-bond donors (Lipinski definition) is 1. The minimum absolute atomic E-state index is 0.00758. The zero-order chi connectivity index (χ0) is 22.3. The fourth-order valence-electron chi connectivity index (χ4n) is 4.01. The lowest BCUT2D eigenvalue weighted by Gasteiger charge is -2.27. The van der Waals surface area contributed by atoms with E-state index < -0.39 is 23.5 Å². The van der Waals surface area contributed by atoms with Crippen molar-refractivity contribution in [2.45, 2.75) is 26.8 Å². The molecular formula is C26H22FNO3. The van der Waals surface area contributed by atoms with Crippen LogP contribution in [0.4, 0.5) is 10.1 Å². The number of ketones is 1. The van der Waals surface area contributed by atoms with Crippen LogP contribution in [0.3, 0.4) is 0 Å². The summed E-state index contributed by atoms with van der Waals surface area (Å²) in [6, 6.07) is 18.1. The van der Waals surface area contributed by atoms with E-state index in [2.05, 4.69) is 0 Å². The highest BCUT2D eigenvalue weighted by atomic mass is 19.1. The first-order valence-electron chi connectivity index (χ1n) is 9.99. The third-order valence-electron chi connectivity index (χ3n) is 5.64. The summed E-state index contributed by atoms with van der Waals surface area (Å²) >= 11 is 0. The van der Waals surface area contributed by atoms with Gasteiger partial charge in [0.05, 0.1) is 11.6 Å². The fraction of sp³-hybridized carbons (Fsp3) is 0.154. The van der Waals surface area contributed by atoms with Crippen LogP contribution in [0.15, 0.2) is 72.3 Å². The lowest BCUT2D eigenvalue weighted by Crippen LogP contribution is -2.29. The summed E-state index contributed by atoms with van der Waals surface area (Å²) in [5.74, 6) is -2.20. The molecule has 3 aromatic rings. The van der Waals surface area contributed by atoms with E-state index in [1.54, 1.807) is 13.0 Å². The van der Waals surface area contributed by atoms with Crippen LogP contribution in [0.25, 0.3) is 5.76 Å². The molecule has 4 rings (SSSR count). The first-order chi connectivity index (χ1) is 14.8. The van der Waals surface area contributed by atoms with Gasteiger partial charge in [-0.05, 0) is 73.4 Å². The molecule has 4 nitrogen and oxygen atoms in total. The Kier molecular flexibility index (Phi) is 5.19. The standard InChI is InChI=1S/C26H22FNO3/c1-15-7-6-9-19(13-15)28-23(20-10-5-4-8-16(20)2)22(25(30)26(28)31)24(29)18-11-12-21(27)17(3)14-18/h4-14,23,29H,1-3H3/b24-22+. The number of benzene rings is 3. The highest BCUT2D eigenvalue weighted by Gasteiger charge is 2.47. The van der Waals surface area contributed by atoms with E-state index in [4.69, 9.17) is 0 Å². The predicted octanol–water partition coefficient (Wildman–Crippen LogP) is 5.38. The van der Waals surface area contributed by atoms with Crippen LogP contribution in [0, 0.1) is 26.6 Å². The van der Waals surface area contributed by atoms with Crippen molar-refractivity contribution < 1.29 is 19.1 Å². The molecule has 1 unspecified atom stereocenters. The minimum atomic E-state index is -0.798. The van der Waals surface area contributed by atoms with Gasteiger partial charge in [-0.2, -0.15) is 0 Å². The van der Waals surface area contributed by atoms with Crippen LogP contribution in [0.5, 0.6) is 0 Å². The molecule has 0 radical (unpaired) electrons. The largest absolute Gasteiger partial charge is 0.507 e. The number of anilines is 1. The second kappa shape index (κ2) is 7.84. The van der Waals surface area contributed by atoms with Crippen molar-refractivity contribution in [2.75, 3.05) is 4.90 Å². The second-order valence-electron chi connectivity index (χ2n) is 7.83. The molecule has 0 bridgehead atoms. The highest BCUT2D eigenvalue weighted by molar-refractivity contribution is 6.51. The molecular weight excluding hydrogens is 393 g/mol. The number of halogens is 1. The van der Waals surface area contributed by atoms with Gasteiger partial charge in [0.2, 0.25) is 0 Å². The van der Waals surface area contributed by atoms with Crippen molar-refractivity contribution in [3.8, 4) is 0 Å². The molecule has 0 spiro atoms. The topological polar surface area (TPSA) is 57.6 Å². The van der Waals surface area contributed by atoms with Gasteiger partial charge in [-0.1, -0.05) is 36.4 Å². The molecule has 1 heterocycles. The molecule has 1 aliphatic heterocycles. The average Bonchev–Trinajstić information content (AvgIpc) is 3.00. The molecule has 0 aromatic heterocycles. The van der Waals surface area contributed by atoms with Crippen LogP contribution in [-0.2, 0) is 9.59 Å². The van der Waals surface area contributed by atoms with E-state index >= 15 is 0 Å². The van der Waals surface area contributed by atoms with Gasteiger partial charge in [-0.15, -0.1) is 0 Å². The summed E-state index contributed by atoms with van der Waals surface area (Å²) in [4.78, 5) is 27.7. The first-order valence-corrected chi connectivity index (χ1v) is 9.99. The van der Waals surface area contributed by atoms with Gasteiger partial charge >= 0.3 is 0 Å². The molecule has 1 saturated heterocycles. The molecule has 3 aromatic carbocycles. The first kappa shape index (κ1) is 20.5. The van der Waals surface area contributed by atoms with E-state index in [0.29, 0.717) is 16.8 Å². The summed E-state index contributed by atoms with van der Waals surface area (Å²) in [5, 5.41) is 11.1. The van der Waals surface area contributed by atoms with Crippen LogP contribution < -0.4 is 4.90 Å². The van der Waals surface area contributed by atoms with Crippen LogP contribution >= 0.6 is 0 Å². The van der Waals surface area contributed by atoms with Crippen molar-refractivity contribution in [1.29, 1.82) is 0 Å².